The molecule has 0 amide bonds. The third-order valence-corrected chi connectivity index (χ3v) is 4.15. The van der Waals surface area contributed by atoms with E-state index in [1.54, 1.807) is 0 Å². The Morgan fingerprint density at radius 2 is 2.04 bits per heavy atom. The minimum Gasteiger partial charge on any atom is -0.487 e. The van der Waals surface area contributed by atoms with Crippen LogP contribution in [0.25, 0.3) is 0 Å². The minimum atomic E-state index is -0.0606. The van der Waals surface area contributed by atoms with E-state index in [1.807, 2.05) is 31.2 Å². The molecule has 1 unspecified atom stereocenters. The van der Waals surface area contributed by atoms with Crippen LogP contribution in [0.3, 0.4) is 0 Å². The molecule has 0 aliphatic carbocycles. The molecule has 1 heterocycles. The van der Waals surface area contributed by atoms with Gasteiger partial charge in [-0.15, -0.1) is 24.0 Å². The van der Waals surface area contributed by atoms with E-state index in [4.69, 9.17) is 21.1 Å². The second-order valence-corrected chi connectivity index (χ2v) is 6.37. The molecule has 26 heavy (non-hydrogen) atoms. The molecule has 2 N–H and O–H groups in total. The lowest BCUT2D eigenvalue weighted by atomic mass is 10.3. The topological polar surface area (TPSA) is 58.1 Å². The van der Waals surface area contributed by atoms with Gasteiger partial charge < -0.3 is 20.1 Å². The Bertz CT molecular complexity index is 542. The summed E-state index contributed by atoms with van der Waals surface area (Å²) in [4.78, 5) is 7.00. The van der Waals surface area contributed by atoms with Crippen LogP contribution in [-0.2, 0) is 4.74 Å². The van der Waals surface area contributed by atoms with Gasteiger partial charge in [-0.05, 0) is 26.0 Å². The van der Waals surface area contributed by atoms with Crippen molar-refractivity contribution >= 4 is 41.5 Å². The second kappa shape index (κ2) is 13.4. The Morgan fingerprint density at radius 3 is 2.73 bits per heavy atom. The van der Waals surface area contributed by atoms with Crippen LogP contribution in [0.2, 0.25) is 5.02 Å². The van der Waals surface area contributed by atoms with Crippen LogP contribution in [0, 0.1) is 0 Å². The van der Waals surface area contributed by atoms with Crippen LogP contribution in [0.15, 0.2) is 29.3 Å². The highest BCUT2D eigenvalue weighted by molar-refractivity contribution is 14.0. The van der Waals surface area contributed by atoms with Gasteiger partial charge in [-0.3, -0.25) is 4.90 Å². The molecule has 0 radical (unpaired) electrons. The van der Waals surface area contributed by atoms with Gasteiger partial charge >= 0.3 is 0 Å². The van der Waals surface area contributed by atoms with E-state index in [0.717, 1.165) is 51.9 Å². The van der Waals surface area contributed by atoms with E-state index in [2.05, 4.69) is 27.4 Å². The van der Waals surface area contributed by atoms with Crippen molar-refractivity contribution in [3.05, 3.63) is 29.3 Å². The monoisotopic (exact) mass is 496 g/mol. The van der Waals surface area contributed by atoms with Gasteiger partial charge in [0.1, 0.15) is 11.9 Å². The van der Waals surface area contributed by atoms with Gasteiger partial charge in [-0.2, -0.15) is 0 Å². The summed E-state index contributed by atoms with van der Waals surface area (Å²) in [5, 5.41) is 7.26. The first kappa shape index (κ1) is 23.3. The molecule has 1 atom stereocenters. The van der Waals surface area contributed by atoms with Crippen molar-refractivity contribution in [3.63, 3.8) is 0 Å². The Kier molecular flexibility index (Phi) is 12.0. The van der Waals surface area contributed by atoms with Crippen LogP contribution < -0.4 is 15.4 Å². The van der Waals surface area contributed by atoms with E-state index < -0.39 is 0 Å². The first-order chi connectivity index (χ1) is 12.2. The number of rotatable bonds is 8. The van der Waals surface area contributed by atoms with Crippen molar-refractivity contribution in [2.24, 2.45) is 4.99 Å². The molecule has 1 saturated heterocycles. The van der Waals surface area contributed by atoms with Gasteiger partial charge in [0.15, 0.2) is 5.96 Å². The molecule has 1 aromatic rings. The molecular formula is C18H30ClIN4O2. The summed E-state index contributed by atoms with van der Waals surface area (Å²) in [5.74, 6) is 1.50. The van der Waals surface area contributed by atoms with Crippen molar-refractivity contribution in [1.29, 1.82) is 0 Å². The maximum Gasteiger partial charge on any atom is 0.191 e. The number of halogens is 2. The molecule has 1 fully saturated rings. The fourth-order valence-corrected chi connectivity index (χ4v) is 2.69. The number of benzene rings is 1. The fraction of sp³-hybridized carbons (Fsp3) is 0.611. The number of aliphatic imine (C=N–C) groups is 1. The van der Waals surface area contributed by atoms with Gasteiger partial charge in [0.05, 0.1) is 24.8 Å². The molecule has 1 aliphatic rings. The van der Waals surface area contributed by atoms with Gasteiger partial charge in [-0.1, -0.05) is 23.7 Å². The van der Waals surface area contributed by atoms with Crippen molar-refractivity contribution in [3.8, 4) is 5.75 Å². The summed E-state index contributed by atoms with van der Waals surface area (Å²) in [6, 6.07) is 7.49. The van der Waals surface area contributed by atoms with Crippen molar-refractivity contribution in [1.82, 2.24) is 15.5 Å². The third kappa shape index (κ3) is 8.75. The molecule has 0 saturated carbocycles. The lowest BCUT2D eigenvalue weighted by molar-refractivity contribution is 0.0389. The predicted molar refractivity (Wildman–Crippen MR) is 118 cm³/mol. The lowest BCUT2D eigenvalue weighted by Crippen LogP contribution is -2.44. The Balaban J connectivity index is 0.00000338. The molecule has 1 aromatic carbocycles. The van der Waals surface area contributed by atoms with E-state index in [9.17, 15) is 0 Å². The SMILES string of the molecule is CCNC(=NCC(C)Oc1ccccc1Cl)NCCN1CCOCC1.I. The zero-order valence-corrected chi connectivity index (χ0v) is 18.6. The average molecular weight is 497 g/mol. The smallest absolute Gasteiger partial charge is 0.191 e. The van der Waals surface area contributed by atoms with Gasteiger partial charge in [0.25, 0.3) is 0 Å². The third-order valence-electron chi connectivity index (χ3n) is 3.84. The summed E-state index contributed by atoms with van der Waals surface area (Å²) in [5.41, 5.74) is 0. The number of nitrogens with zero attached hydrogens (tertiary/aromatic N) is 2. The first-order valence-electron chi connectivity index (χ1n) is 8.92. The molecule has 8 heteroatoms. The zero-order chi connectivity index (χ0) is 17.9. The first-order valence-corrected chi connectivity index (χ1v) is 9.30. The van der Waals surface area contributed by atoms with Crippen LogP contribution in [0.5, 0.6) is 5.75 Å². The van der Waals surface area contributed by atoms with Crippen molar-refractivity contribution in [2.75, 3.05) is 52.5 Å². The standard InChI is InChI=1S/C18H29ClN4O2.HI/c1-3-20-18(21-8-9-23-10-12-24-13-11-23)22-14-15(2)25-17-7-5-4-6-16(17)19;/h4-7,15H,3,8-14H2,1-2H3,(H2,20,21,22);1H. The number of guanidine groups is 1. The summed E-state index contributed by atoms with van der Waals surface area (Å²) < 4.78 is 11.2. The summed E-state index contributed by atoms with van der Waals surface area (Å²) in [6.07, 6.45) is -0.0606. The summed E-state index contributed by atoms with van der Waals surface area (Å²) >= 11 is 6.12. The molecule has 2 rings (SSSR count). The predicted octanol–water partition coefficient (Wildman–Crippen LogP) is 2.61. The molecule has 1 aliphatic heterocycles. The number of morpholine rings is 1. The Morgan fingerprint density at radius 1 is 1.31 bits per heavy atom. The molecule has 0 spiro atoms. The number of hydrogen-bond donors (Lipinski definition) is 2. The second-order valence-electron chi connectivity index (χ2n) is 5.96. The molecule has 0 aromatic heterocycles. The van der Waals surface area contributed by atoms with Gasteiger partial charge in [-0.25, -0.2) is 4.99 Å². The van der Waals surface area contributed by atoms with Gasteiger partial charge in [0.2, 0.25) is 0 Å². The highest BCUT2D eigenvalue weighted by Gasteiger charge is 2.10. The minimum absolute atomic E-state index is 0. The largest absolute Gasteiger partial charge is 0.487 e. The Labute approximate surface area is 178 Å². The van der Waals surface area contributed by atoms with E-state index >= 15 is 0 Å². The molecule has 6 nitrogen and oxygen atoms in total. The normalized spacial score (nSPS) is 16.5. The van der Waals surface area contributed by atoms with Crippen LogP contribution in [0.4, 0.5) is 0 Å². The van der Waals surface area contributed by atoms with Crippen molar-refractivity contribution in [2.45, 2.75) is 20.0 Å². The quantitative estimate of drug-likeness (QED) is 0.329. The van der Waals surface area contributed by atoms with Crippen LogP contribution >= 0.6 is 35.6 Å². The summed E-state index contributed by atoms with van der Waals surface area (Å²) in [6.45, 7) is 10.9. The molecule has 0 bridgehead atoms. The van der Waals surface area contributed by atoms with E-state index in [-0.39, 0.29) is 30.1 Å². The van der Waals surface area contributed by atoms with E-state index in [0.29, 0.717) is 17.3 Å². The van der Waals surface area contributed by atoms with Crippen molar-refractivity contribution < 1.29 is 9.47 Å². The average Bonchev–Trinajstić information content (AvgIpc) is 2.62. The fourth-order valence-electron chi connectivity index (χ4n) is 2.51. The number of ether oxygens (including phenoxy) is 2. The maximum absolute atomic E-state index is 6.12. The number of nitrogens with one attached hydrogen (secondary N) is 2. The van der Waals surface area contributed by atoms with E-state index in [1.165, 1.54) is 0 Å². The Hall–Kier alpha value is -0.770. The molecule has 148 valence electrons. The number of para-hydroxylation sites is 1. The zero-order valence-electron chi connectivity index (χ0n) is 15.5. The maximum atomic E-state index is 6.12. The van der Waals surface area contributed by atoms with Crippen LogP contribution in [0.1, 0.15) is 13.8 Å². The lowest BCUT2D eigenvalue weighted by Gasteiger charge is -2.26. The van der Waals surface area contributed by atoms with Crippen LogP contribution in [-0.4, -0.2) is 69.4 Å². The highest BCUT2D eigenvalue weighted by Crippen LogP contribution is 2.24. The highest BCUT2D eigenvalue weighted by atomic mass is 127. The summed E-state index contributed by atoms with van der Waals surface area (Å²) in [7, 11) is 0. The van der Waals surface area contributed by atoms with Gasteiger partial charge in [0, 0.05) is 32.7 Å². The molecular weight excluding hydrogens is 467 g/mol. The number of hydrogen-bond acceptors (Lipinski definition) is 4.